The van der Waals surface area contributed by atoms with Crippen molar-refractivity contribution in [1.82, 2.24) is 9.80 Å². The highest BCUT2D eigenvalue weighted by Gasteiger charge is 2.72. The quantitative estimate of drug-likeness (QED) is 0.227. The minimum absolute atomic E-state index is 0.0152. The molecule has 4 aromatic rings. The van der Waals surface area contributed by atoms with Gasteiger partial charge >= 0.3 is 0 Å². The first-order valence-corrected chi connectivity index (χ1v) is 18.2. The molecule has 0 saturated carbocycles. The van der Waals surface area contributed by atoms with Gasteiger partial charge in [-0.3, -0.25) is 24.3 Å². The molecule has 6 aliphatic heterocycles. The maximum atomic E-state index is 13.9. The van der Waals surface area contributed by atoms with Crippen LogP contribution in [0.5, 0.6) is 0 Å². The number of benzene rings is 4. The Hall–Kier alpha value is -5.71. The molecular weight excluding hydrogens is 681 g/mol. The molecule has 2 bridgehead atoms. The predicted octanol–water partition coefficient (Wildman–Crippen LogP) is 6.35. The van der Waals surface area contributed by atoms with Crippen LogP contribution in [0.3, 0.4) is 0 Å². The van der Waals surface area contributed by atoms with Gasteiger partial charge in [-0.1, -0.05) is 122 Å². The molecule has 3 saturated heterocycles. The van der Waals surface area contributed by atoms with Crippen LogP contribution in [-0.2, 0) is 30.2 Å². The summed E-state index contributed by atoms with van der Waals surface area (Å²) in [7, 11) is 1.65. The summed E-state index contributed by atoms with van der Waals surface area (Å²) in [4.78, 5) is 49.1. The zero-order valence-corrected chi connectivity index (χ0v) is 30.3. The van der Waals surface area contributed by atoms with Crippen LogP contribution < -0.4 is 0 Å². The van der Waals surface area contributed by atoms with Gasteiger partial charge in [-0.2, -0.15) is 0 Å². The molecule has 3 fully saturated rings. The third-order valence-electron chi connectivity index (χ3n) is 11.4. The van der Waals surface area contributed by atoms with E-state index in [9.17, 15) is 14.4 Å². The van der Waals surface area contributed by atoms with Gasteiger partial charge in [0.05, 0.1) is 26.4 Å². The number of piperidine rings is 1. The number of methoxy groups -OCH3 is 1. The molecule has 274 valence electrons. The molecule has 11 rings (SSSR count). The van der Waals surface area contributed by atoms with Crippen LogP contribution in [0.2, 0.25) is 0 Å². The van der Waals surface area contributed by atoms with Crippen molar-refractivity contribution in [2.24, 2.45) is 9.98 Å². The number of ether oxygens (including phenoxy) is 3. The monoisotopic (exact) mass is 722 g/mol. The molecule has 1 aliphatic carbocycles. The number of hydrogen-bond acceptors (Lipinski definition) is 8. The third-order valence-corrected chi connectivity index (χ3v) is 11.4. The van der Waals surface area contributed by atoms with Gasteiger partial charge in [-0.05, 0) is 30.0 Å². The fourth-order valence-electron chi connectivity index (χ4n) is 8.79. The number of fused-ring (bicyclic) bond motifs is 2. The Morgan fingerprint density at radius 3 is 2.17 bits per heavy atom. The zero-order valence-electron chi connectivity index (χ0n) is 30.3. The molecule has 2 amide bonds. The largest absolute Gasteiger partial charge is 0.483 e. The maximum absolute atomic E-state index is 13.9. The van der Waals surface area contributed by atoms with Gasteiger partial charge in [0.1, 0.15) is 12.1 Å². The summed E-state index contributed by atoms with van der Waals surface area (Å²) in [5.41, 5.74) is 5.66. The van der Waals surface area contributed by atoms with Crippen LogP contribution in [-0.4, -0.2) is 83.5 Å². The lowest BCUT2D eigenvalue weighted by atomic mass is 9.67. The van der Waals surface area contributed by atoms with Gasteiger partial charge in [-0.25, -0.2) is 4.99 Å². The Morgan fingerprint density at radius 1 is 0.852 bits per heavy atom. The number of carbonyl (C=O) groups excluding carboxylic acids is 3. The highest BCUT2D eigenvalue weighted by Crippen LogP contribution is 2.60. The Kier molecular flexibility index (Phi) is 9.33. The first-order valence-electron chi connectivity index (χ1n) is 18.2. The van der Waals surface area contributed by atoms with Gasteiger partial charge in [0.25, 0.3) is 5.91 Å². The van der Waals surface area contributed by atoms with Crippen molar-refractivity contribution in [1.29, 1.82) is 0 Å². The Bertz CT molecular complexity index is 2130. The molecule has 0 N–H and O–H groups in total. The lowest BCUT2D eigenvalue weighted by Gasteiger charge is -2.54. The fourth-order valence-corrected chi connectivity index (χ4v) is 8.79. The van der Waals surface area contributed by atoms with Crippen LogP contribution in [0.4, 0.5) is 0 Å². The molecule has 54 heavy (non-hydrogen) atoms. The lowest BCUT2D eigenvalue weighted by Crippen LogP contribution is -2.71. The molecule has 2 spiro atoms. The summed E-state index contributed by atoms with van der Waals surface area (Å²) in [5, 5.41) is 0. The third kappa shape index (κ3) is 5.68. The van der Waals surface area contributed by atoms with Crippen LogP contribution in [0, 0.1) is 0 Å². The summed E-state index contributed by atoms with van der Waals surface area (Å²) in [6, 6.07) is 35.5. The van der Waals surface area contributed by atoms with E-state index in [2.05, 4.69) is 29.8 Å². The number of nitrogens with zero attached hydrogens (tertiary/aromatic N) is 4. The van der Waals surface area contributed by atoms with E-state index in [4.69, 9.17) is 19.2 Å². The van der Waals surface area contributed by atoms with Gasteiger partial charge in [-0.15, -0.1) is 0 Å². The van der Waals surface area contributed by atoms with Crippen LogP contribution in [0.15, 0.2) is 126 Å². The van der Waals surface area contributed by atoms with E-state index in [-0.39, 0.29) is 42.8 Å². The average molecular weight is 723 g/mol. The second-order valence-corrected chi connectivity index (χ2v) is 14.3. The van der Waals surface area contributed by atoms with Crippen molar-refractivity contribution in [2.45, 2.75) is 55.3 Å². The maximum Gasteiger partial charge on any atom is 0.254 e. The number of carbonyl (C=O) groups is 3. The van der Waals surface area contributed by atoms with E-state index in [1.165, 1.54) is 11.1 Å². The van der Waals surface area contributed by atoms with E-state index >= 15 is 0 Å². The van der Waals surface area contributed by atoms with E-state index < -0.39 is 11.1 Å². The first-order chi connectivity index (χ1) is 26.3. The van der Waals surface area contributed by atoms with Crippen molar-refractivity contribution < 1.29 is 28.6 Å². The molecule has 0 radical (unpaired) electrons. The van der Waals surface area contributed by atoms with Crippen LogP contribution in [0.1, 0.15) is 69.9 Å². The molecule has 6 heterocycles. The Balaban J connectivity index is 0.000000131. The molecule has 4 aromatic carbocycles. The number of amides is 2. The molecule has 0 aromatic heterocycles. The van der Waals surface area contributed by atoms with E-state index in [1.807, 2.05) is 102 Å². The minimum Gasteiger partial charge on any atom is -0.483 e. The fraction of sp³-hybridized carbons (Fsp3) is 0.295. The second-order valence-electron chi connectivity index (χ2n) is 14.3. The average Bonchev–Trinajstić information content (AvgIpc) is 3.94. The smallest absolute Gasteiger partial charge is 0.254 e. The van der Waals surface area contributed by atoms with Gasteiger partial charge in [0.15, 0.2) is 24.3 Å². The Morgan fingerprint density at radius 2 is 1.50 bits per heavy atom. The highest BCUT2D eigenvalue weighted by atomic mass is 16.5. The predicted molar refractivity (Wildman–Crippen MR) is 205 cm³/mol. The molecule has 6 atom stereocenters. The van der Waals surface area contributed by atoms with Gasteiger partial charge in [0.2, 0.25) is 11.8 Å². The van der Waals surface area contributed by atoms with E-state index in [0.717, 1.165) is 35.1 Å². The number of hydrogen-bond donors (Lipinski definition) is 0. The zero-order chi connectivity index (χ0) is 37.5. The van der Waals surface area contributed by atoms with E-state index in [1.54, 1.807) is 19.3 Å². The Labute approximate surface area is 314 Å². The van der Waals surface area contributed by atoms with Crippen LogP contribution in [0.25, 0.3) is 6.08 Å². The van der Waals surface area contributed by atoms with E-state index in [0.29, 0.717) is 31.1 Å². The molecule has 10 heteroatoms. The lowest BCUT2D eigenvalue weighted by molar-refractivity contribution is -0.153. The molecule has 7 aliphatic rings. The first kappa shape index (κ1) is 35.3. The van der Waals surface area contributed by atoms with Crippen molar-refractivity contribution in [3.05, 3.63) is 149 Å². The second kappa shape index (κ2) is 14.3. The van der Waals surface area contributed by atoms with Crippen molar-refractivity contribution >= 4 is 35.8 Å². The highest BCUT2D eigenvalue weighted by molar-refractivity contribution is 6.05. The van der Waals surface area contributed by atoms with Crippen molar-refractivity contribution in [3.63, 3.8) is 0 Å². The molecule has 10 nitrogen and oxygen atoms in total. The number of rotatable bonds is 4. The minimum atomic E-state index is -0.794. The summed E-state index contributed by atoms with van der Waals surface area (Å²) in [6.45, 7) is 6.74. The number of aldehydes is 1. The molecule has 2 unspecified atom stereocenters. The standard InChI is InChI=1S/C22H20N2O3.C13H14N2O2.C9H8O/c1-26-19-21-12-17-16-10-6-5-9-15(16)11-22(17,23-19)20(25)24(21)18(27-13-21)14-7-3-2-4-8-14;1-9-11-8-17-13(10-5-3-2-4-6-10)15(11)12(16)7-14-9;1-2-8-5-3-4-6-9(8)7-10/h2-10,17-18H,11-13H2,1H3;2-6,11,13H,7-8H2,1H3;2-7H,1H2/t17-,18+,21?,22?;11-,13+;/m00./s1. The SMILES string of the molecule is C=Cc1ccccc1C=O.CC1=NCC(=O)N2[C@@H](c3ccccc3)OC[C@@H]12.COC1=NC23Cc4ccccc4[C@@H]2CC12CO[C@H](c1ccccc1)N2C3=O. The summed E-state index contributed by atoms with van der Waals surface area (Å²) in [5.74, 6) is 0.855. The summed E-state index contributed by atoms with van der Waals surface area (Å²) in [6.07, 6.45) is 3.29. The summed E-state index contributed by atoms with van der Waals surface area (Å²) >= 11 is 0. The van der Waals surface area contributed by atoms with Crippen LogP contribution >= 0.6 is 0 Å². The van der Waals surface area contributed by atoms with Gasteiger partial charge < -0.3 is 19.1 Å². The molecular formula is C44H42N4O6. The van der Waals surface area contributed by atoms with Crippen molar-refractivity contribution in [2.75, 3.05) is 26.9 Å². The summed E-state index contributed by atoms with van der Waals surface area (Å²) < 4.78 is 17.7. The number of aliphatic imine (C=N–C) groups is 2. The van der Waals surface area contributed by atoms with Crippen molar-refractivity contribution in [3.8, 4) is 0 Å². The van der Waals surface area contributed by atoms with Gasteiger partial charge in [0, 0.05) is 34.7 Å². The normalized spacial score (nSPS) is 28.2. The topological polar surface area (TPSA) is 110 Å².